The van der Waals surface area contributed by atoms with E-state index in [4.69, 9.17) is 5.11 Å². The molecule has 0 aromatic carbocycles. The Hall–Kier alpha value is -1.10. The molecule has 2 unspecified atom stereocenters. The van der Waals surface area contributed by atoms with E-state index in [1.54, 1.807) is 4.90 Å². The van der Waals surface area contributed by atoms with Crippen molar-refractivity contribution < 1.29 is 14.7 Å². The number of carboxylic acids is 1. The van der Waals surface area contributed by atoms with Crippen molar-refractivity contribution in [3.63, 3.8) is 0 Å². The molecule has 2 fully saturated rings. The van der Waals surface area contributed by atoms with E-state index in [0.717, 1.165) is 13.0 Å². The maximum absolute atomic E-state index is 12.2. The minimum atomic E-state index is -0.791. The van der Waals surface area contributed by atoms with Gasteiger partial charge >= 0.3 is 5.97 Å². The number of carboxylic acid groups (broad SMARTS) is 1. The van der Waals surface area contributed by atoms with E-state index in [1.165, 1.54) is 0 Å². The predicted molar refractivity (Wildman–Crippen MR) is 62.4 cm³/mol. The molecule has 0 bridgehead atoms. The third-order valence-corrected chi connectivity index (χ3v) is 4.04. The quantitative estimate of drug-likeness (QED) is 0.721. The molecule has 4 atom stereocenters. The number of carbonyl (C=O) groups is 2. The summed E-state index contributed by atoms with van der Waals surface area (Å²) in [5.74, 6) is -0.726. The van der Waals surface area contributed by atoms with E-state index < -0.39 is 11.9 Å². The summed E-state index contributed by atoms with van der Waals surface area (Å²) in [6.45, 7) is 5.78. The number of likely N-dealkylation sites (tertiary alicyclic amines) is 1. The molecule has 2 aliphatic heterocycles. The van der Waals surface area contributed by atoms with Gasteiger partial charge in [0.25, 0.3) is 0 Å². The fourth-order valence-electron chi connectivity index (χ4n) is 2.83. The third-order valence-electron chi connectivity index (χ3n) is 4.04. The average molecular weight is 240 g/mol. The van der Waals surface area contributed by atoms with Crippen LogP contribution in [0.2, 0.25) is 0 Å². The highest BCUT2D eigenvalue weighted by atomic mass is 16.4. The number of hydrogen-bond acceptors (Lipinski definition) is 3. The standard InChI is InChI=1S/C12H20N2O3/c1-7-3-4-13-10(7)11(15)14-5-8(2)9(6-14)12(16)17/h7-10,13H,3-6H2,1-2H3,(H,16,17)/t7?,8-,9-,10?/m1/s1. The third kappa shape index (κ3) is 2.29. The smallest absolute Gasteiger partial charge is 0.308 e. The Morgan fingerprint density at radius 2 is 1.94 bits per heavy atom. The van der Waals surface area contributed by atoms with Crippen LogP contribution in [0.4, 0.5) is 0 Å². The first-order valence-electron chi connectivity index (χ1n) is 6.25. The summed E-state index contributed by atoms with van der Waals surface area (Å²) in [7, 11) is 0. The summed E-state index contributed by atoms with van der Waals surface area (Å²) in [5.41, 5.74) is 0. The Labute approximate surface area is 101 Å². The molecule has 0 aromatic rings. The Kier molecular flexibility index (Phi) is 3.38. The van der Waals surface area contributed by atoms with Gasteiger partial charge in [0, 0.05) is 13.1 Å². The number of rotatable bonds is 2. The lowest BCUT2D eigenvalue weighted by atomic mass is 9.99. The van der Waals surface area contributed by atoms with Crippen molar-refractivity contribution in [2.75, 3.05) is 19.6 Å². The molecule has 5 heteroatoms. The maximum atomic E-state index is 12.2. The second kappa shape index (κ2) is 4.64. The SMILES string of the molecule is CC1CCNC1C(=O)N1C[C@@H](C)[C@H](C(=O)O)C1. The molecule has 0 aromatic heterocycles. The van der Waals surface area contributed by atoms with Gasteiger partial charge in [0.05, 0.1) is 12.0 Å². The molecule has 0 radical (unpaired) electrons. The molecule has 2 N–H and O–H groups in total. The summed E-state index contributed by atoms with van der Waals surface area (Å²) in [6.07, 6.45) is 1.02. The van der Waals surface area contributed by atoms with E-state index in [9.17, 15) is 9.59 Å². The topological polar surface area (TPSA) is 69.6 Å². The minimum absolute atomic E-state index is 0.0492. The van der Waals surface area contributed by atoms with Crippen LogP contribution >= 0.6 is 0 Å². The molecule has 0 aliphatic carbocycles. The van der Waals surface area contributed by atoms with Gasteiger partial charge in [0.15, 0.2) is 0 Å². The molecule has 2 aliphatic rings. The van der Waals surface area contributed by atoms with Crippen LogP contribution in [-0.2, 0) is 9.59 Å². The molecule has 5 nitrogen and oxygen atoms in total. The number of carbonyl (C=O) groups excluding carboxylic acids is 1. The van der Waals surface area contributed by atoms with Crippen LogP contribution in [0.15, 0.2) is 0 Å². The first kappa shape index (κ1) is 12.4. The van der Waals surface area contributed by atoms with Crippen molar-refractivity contribution in [2.45, 2.75) is 26.3 Å². The summed E-state index contributed by atoms with van der Waals surface area (Å²) >= 11 is 0. The van der Waals surface area contributed by atoms with Crippen LogP contribution < -0.4 is 5.32 Å². The van der Waals surface area contributed by atoms with Crippen molar-refractivity contribution in [3.8, 4) is 0 Å². The Morgan fingerprint density at radius 3 is 2.41 bits per heavy atom. The Balaban J connectivity index is 2.00. The number of nitrogens with zero attached hydrogens (tertiary/aromatic N) is 1. The van der Waals surface area contributed by atoms with Gasteiger partial charge in [-0.15, -0.1) is 0 Å². The van der Waals surface area contributed by atoms with E-state index in [0.29, 0.717) is 19.0 Å². The first-order valence-corrected chi connectivity index (χ1v) is 6.25. The zero-order valence-corrected chi connectivity index (χ0v) is 10.3. The number of amides is 1. The molecule has 2 rings (SSSR count). The second-order valence-corrected chi connectivity index (χ2v) is 5.36. The Bertz CT molecular complexity index is 332. The average Bonchev–Trinajstić information content (AvgIpc) is 2.83. The molecular formula is C12H20N2O3. The molecule has 1 amide bonds. The zero-order valence-electron chi connectivity index (χ0n) is 10.3. The fraction of sp³-hybridized carbons (Fsp3) is 0.833. The minimum Gasteiger partial charge on any atom is -0.481 e. The van der Waals surface area contributed by atoms with Gasteiger partial charge in [-0.25, -0.2) is 0 Å². The molecule has 2 saturated heterocycles. The molecular weight excluding hydrogens is 220 g/mol. The normalized spacial score (nSPS) is 37.4. The van der Waals surface area contributed by atoms with Crippen molar-refractivity contribution in [1.29, 1.82) is 0 Å². The van der Waals surface area contributed by atoms with Crippen molar-refractivity contribution in [1.82, 2.24) is 10.2 Å². The van der Waals surface area contributed by atoms with Gasteiger partial charge < -0.3 is 15.3 Å². The largest absolute Gasteiger partial charge is 0.481 e. The van der Waals surface area contributed by atoms with Gasteiger partial charge in [-0.1, -0.05) is 13.8 Å². The fourth-order valence-corrected chi connectivity index (χ4v) is 2.83. The molecule has 96 valence electrons. The van der Waals surface area contributed by atoms with E-state index in [2.05, 4.69) is 12.2 Å². The lowest BCUT2D eigenvalue weighted by molar-refractivity contribution is -0.142. The van der Waals surface area contributed by atoms with E-state index in [1.807, 2.05) is 6.92 Å². The van der Waals surface area contributed by atoms with Crippen LogP contribution in [0.25, 0.3) is 0 Å². The highest BCUT2D eigenvalue weighted by Crippen LogP contribution is 2.26. The first-order chi connectivity index (χ1) is 8.00. The summed E-state index contributed by atoms with van der Waals surface area (Å²) in [6, 6.07) is -0.116. The molecule has 2 heterocycles. The highest BCUT2D eigenvalue weighted by molar-refractivity contribution is 5.84. The van der Waals surface area contributed by atoms with Crippen LogP contribution in [-0.4, -0.2) is 47.6 Å². The molecule has 0 spiro atoms. The summed E-state index contributed by atoms with van der Waals surface area (Å²) < 4.78 is 0. The van der Waals surface area contributed by atoms with Crippen molar-refractivity contribution in [2.24, 2.45) is 17.8 Å². The van der Waals surface area contributed by atoms with Crippen LogP contribution in [0.1, 0.15) is 20.3 Å². The lowest BCUT2D eigenvalue weighted by Crippen LogP contribution is -2.45. The Morgan fingerprint density at radius 1 is 1.24 bits per heavy atom. The van der Waals surface area contributed by atoms with Crippen LogP contribution in [0.3, 0.4) is 0 Å². The maximum Gasteiger partial charge on any atom is 0.308 e. The van der Waals surface area contributed by atoms with Crippen LogP contribution in [0, 0.1) is 17.8 Å². The number of aliphatic carboxylic acids is 1. The predicted octanol–water partition coefficient (Wildman–Crippen LogP) is 0.164. The van der Waals surface area contributed by atoms with E-state index >= 15 is 0 Å². The van der Waals surface area contributed by atoms with Gasteiger partial charge in [-0.2, -0.15) is 0 Å². The molecule has 0 saturated carbocycles. The lowest BCUT2D eigenvalue weighted by Gasteiger charge is -2.23. The monoisotopic (exact) mass is 240 g/mol. The highest BCUT2D eigenvalue weighted by Gasteiger charge is 2.40. The summed E-state index contributed by atoms with van der Waals surface area (Å²) in [4.78, 5) is 25.0. The second-order valence-electron chi connectivity index (χ2n) is 5.36. The van der Waals surface area contributed by atoms with Gasteiger partial charge in [-0.3, -0.25) is 9.59 Å². The van der Waals surface area contributed by atoms with Crippen molar-refractivity contribution in [3.05, 3.63) is 0 Å². The van der Waals surface area contributed by atoms with Crippen LogP contribution in [0.5, 0.6) is 0 Å². The molecule has 17 heavy (non-hydrogen) atoms. The number of nitrogens with one attached hydrogen (secondary N) is 1. The van der Waals surface area contributed by atoms with E-state index in [-0.39, 0.29) is 17.9 Å². The van der Waals surface area contributed by atoms with Gasteiger partial charge in [-0.05, 0) is 24.8 Å². The van der Waals surface area contributed by atoms with Crippen molar-refractivity contribution >= 4 is 11.9 Å². The number of hydrogen-bond donors (Lipinski definition) is 2. The van der Waals surface area contributed by atoms with Gasteiger partial charge in [0.1, 0.15) is 0 Å². The zero-order chi connectivity index (χ0) is 12.6. The van der Waals surface area contributed by atoms with Gasteiger partial charge in [0.2, 0.25) is 5.91 Å². The summed E-state index contributed by atoms with van der Waals surface area (Å²) in [5, 5.41) is 12.3.